The Kier molecular flexibility index (Phi) is 4.21. The number of hydrogen-bond donors (Lipinski definition) is 3. The Morgan fingerprint density at radius 3 is 3.00 bits per heavy atom. The second-order valence-corrected chi connectivity index (χ2v) is 5.87. The van der Waals surface area contributed by atoms with Gasteiger partial charge in [0.15, 0.2) is 0 Å². The molecule has 0 spiro atoms. The van der Waals surface area contributed by atoms with Crippen molar-refractivity contribution in [2.45, 2.75) is 26.3 Å². The largest absolute Gasteiger partial charge is 0.312 e. The highest BCUT2D eigenvalue weighted by Crippen LogP contribution is 2.23. The van der Waals surface area contributed by atoms with Gasteiger partial charge in [0.05, 0.1) is 5.69 Å². The topological polar surface area (TPSA) is 70.2 Å². The summed E-state index contributed by atoms with van der Waals surface area (Å²) in [6, 6.07) is 5.74. The number of fused-ring (bicyclic) bond motifs is 1. The van der Waals surface area contributed by atoms with Crippen molar-refractivity contribution in [1.29, 1.82) is 0 Å². The van der Waals surface area contributed by atoms with Crippen LogP contribution in [0.2, 0.25) is 0 Å². The van der Waals surface area contributed by atoms with Crippen LogP contribution in [-0.4, -0.2) is 21.5 Å². The van der Waals surface area contributed by atoms with Crippen LogP contribution in [0.15, 0.2) is 18.2 Å². The molecule has 0 radical (unpaired) electrons. The third-order valence-electron chi connectivity index (χ3n) is 2.93. The Hall–Kier alpha value is -1.11. The molecule has 0 atom stereocenters. The van der Waals surface area contributed by atoms with E-state index in [2.05, 4.69) is 14.8 Å². The van der Waals surface area contributed by atoms with Crippen molar-refractivity contribution >= 4 is 15.9 Å². The summed E-state index contributed by atoms with van der Waals surface area (Å²) >= 11 is 0. The Labute approximate surface area is 108 Å². The van der Waals surface area contributed by atoms with Crippen LogP contribution in [0, 0.1) is 0 Å². The van der Waals surface area contributed by atoms with Gasteiger partial charge < -0.3 is 5.32 Å². The van der Waals surface area contributed by atoms with Crippen molar-refractivity contribution in [3.63, 3.8) is 0 Å². The van der Waals surface area contributed by atoms with Crippen molar-refractivity contribution < 1.29 is 8.42 Å². The predicted molar refractivity (Wildman–Crippen MR) is 72.7 cm³/mol. The summed E-state index contributed by atoms with van der Waals surface area (Å²) in [5, 5.41) is 3.26. The molecule has 0 aliphatic carbocycles. The monoisotopic (exact) mass is 269 g/mol. The minimum atomic E-state index is -3.46. The van der Waals surface area contributed by atoms with Crippen LogP contribution in [0.4, 0.5) is 5.69 Å². The summed E-state index contributed by atoms with van der Waals surface area (Å²) in [5.41, 5.74) is 2.93. The molecule has 0 bridgehead atoms. The highest BCUT2D eigenvalue weighted by Gasteiger charge is 2.16. The van der Waals surface area contributed by atoms with E-state index < -0.39 is 10.2 Å². The Morgan fingerprint density at radius 1 is 1.39 bits per heavy atom. The number of nitrogens with one attached hydrogen (secondary N) is 3. The summed E-state index contributed by atoms with van der Waals surface area (Å²) in [4.78, 5) is 0. The first-order valence-electron chi connectivity index (χ1n) is 6.21. The zero-order valence-electron chi connectivity index (χ0n) is 10.5. The highest BCUT2D eigenvalue weighted by molar-refractivity contribution is 7.90. The fourth-order valence-corrected chi connectivity index (χ4v) is 3.05. The summed E-state index contributed by atoms with van der Waals surface area (Å²) in [5.74, 6) is 0. The van der Waals surface area contributed by atoms with E-state index >= 15 is 0 Å². The van der Waals surface area contributed by atoms with Gasteiger partial charge in [-0.2, -0.15) is 13.1 Å². The predicted octanol–water partition coefficient (Wildman–Crippen LogP) is 0.989. The van der Waals surface area contributed by atoms with Crippen LogP contribution in [0.3, 0.4) is 0 Å². The van der Waals surface area contributed by atoms with Gasteiger partial charge in [0, 0.05) is 13.1 Å². The van der Waals surface area contributed by atoms with E-state index in [-0.39, 0.29) is 0 Å². The molecule has 0 saturated carbocycles. The third-order valence-corrected chi connectivity index (χ3v) is 4.01. The molecule has 3 N–H and O–H groups in total. The van der Waals surface area contributed by atoms with E-state index in [0.29, 0.717) is 18.8 Å². The van der Waals surface area contributed by atoms with Crippen LogP contribution in [0.25, 0.3) is 0 Å². The minimum absolute atomic E-state index is 0.447. The molecule has 0 unspecified atom stereocenters. The highest BCUT2D eigenvalue weighted by atomic mass is 32.2. The first kappa shape index (κ1) is 13.3. The summed E-state index contributed by atoms with van der Waals surface area (Å²) in [6.07, 6.45) is 1.71. The molecule has 1 heterocycles. The zero-order valence-corrected chi connectivity index (χ0v) is 11.3. The van der Waals surface area contributed by atoms with Crippen LogP contribution >= 0.6 is 0 Å². The van der Waals surface area contributed by atoms with Crippen molar-refractivity contribution in [3.8, 4) is 0 Å². The van der Waals surface area contributed by atoms with Crippen LogP contribution in [-0.2, 0) is 23.2 Å². The Bertz CT molecular complexity index is 514. The van der Waals surface area contributed by atoms with Gasteiger partial charge >= 0.3 is 0 Å². The average molecular weight is 269 g/mol. The zero-order chi connectivity index (χ0) is 13.0. The number of anilines is 1. The quantitative estimate of drug-likeness (QED) is 0.746. The van der Waals surface area contributed by atoms with Gasteiger partial charge in [-0.1, -0.05) is 19.1 Å². The van der Waals surface area contributed by atoms with Crippen molar-refractivity contribution in [1.82, 2.24) is 10.0 Å². The normalized spacial score (nSPS) is 15.2. The van der Waals surface area contributed by atoms with E-state index in [9.17, 15) is 8.42 Å². The fourth-order valence-electron chi connectivity index (χ4n) is 2.03. The lowest BCUT2D eigenvalue weighted by molar-refractivity contribution is 0.586. The molecule has 1 aliphatic heterocycles. The van der Waals surface area contributed by atoms with Gasteiger partial charge in [0.25, 0.3) is 10.2 Å². The Balaban J connectivity index is 2.19. The Morgan fingerprint density at radius 2 is 2.22 bits per heavy atom. The smallest absolute Gasteiger partial charge is 0.299 e. The minimum Gasteiger partial charge on any atom is -0.312 e. The maximum atomic E-state index is 11.8. The maximum Gasteiger partial charge on any atom is 0.299 e. The lowest BCUT2D eigenvalue weighted by atomic mass is 10.00. The molecule has 1 aromatic carbocycles. The van der Waals surface area contributed by atoms with E-state index in [0.717, 1.165) is 24.9 Å². The van der Waals surface area contributed by atoms with Crippen molar-refractivity contribution in [2.75, 3.05) is 17.8 Å². The molecule has 100 valence electrons. The standard InChI is InChI=1S/C12H19N3O2S/c1-2-7-14-18(16,17)15-12-5-3-4-10-6-8-13-9-11(10)12/h3-5,13-15H,2,6-9H2,1H3. The average Bonchev–Trinajstić information content (AvgIpc) is 2.37. The molecule has 0 aromatic heterocycles. The molecule has 2 rings (SSSR count). The molecule has 6 heteroatoms. The number of hydrogen-bond acceptors (Lipinski definition) is 3. The summed E-state index contributed by atoms with van der Waals surface area (Å²) in [6.45, 7) is 4.03. The van der Waals surface area contributed by atoms with Gasteiger partial charge in [0.1, 0.15) is 0 Å². The summed E-state index contributed by atoms with van der Waals surface area (Å²) in [7, 11) is -3.46. The van der Waals surface area contributed by atoms with Crippen LogP contribution in [0.1, 0.15) is 24.5 Å². The molecule has 5 nitrogen and oxygen atoms in total. The maximum absolute atomic E-state index is 11.8. The summed E-state index contributed by atoms with van der Waals surface area (Å²) < 4.78 is 28.7. The molecule has 1 aliphatic rings. The molecule has 0 fully saturated rings. The number of benzene rings is 1. The third kappa shape index (κ3) is 3.22. The molecule has 0 amide bonds. The van der Waals surface area contributed by atoms with Gasteiger partial charge in [-0.15, -0.1) is 0 Å². The van der Waals surface area contributed by atoms with Crippen LogP contribution < -0.4 is 14.8 Å². The molecule has 18 heavy (non-hydrogen) atoms. The first-order valence-corrected chi connectivity index (χ1v) is 7.69. The lowest BCUT2D eigenvalue weighted by Gasteiger charge is -2.21. The molecule has 0 saturated heterocycles. The SMILES string of the molecule is CCCNS(=O)(=O)Nc1cccc2c1CNCC2. The van der Waals surface area contributed by atoms with E-state index in [1.807, 2.05) is 19.1 Å². The van der Waals surface area contributed by atoms with Crippen molar-refractivity contribution in [3.05, 3.63) is 29.3 Å². The molecule has 1 aromatic rings. The van der Waals surface area contributed by atoms with E-state index in [4.69, 9.17) is 0 Å². The van der Waals surface area contributed by atoms with Gasteiger partial charge in [-0.3, -0.25) is 4.72 Å². The second kappa shape index (κ2) is 5.69. The van der Waals surface area contributed by atoms with Gasteiger partial charge in [0.2, 0.25) is 0 Å². The fraction of sp³-hybridized carbons (Fsp3) is 0.500. The first-order chi connectivity index (χ1) is 8.62. The number of rotatable bonds is 5. The molecular formula is C12H19N3O2S. The lowest BCUT2D eigenvalue weighted by Crippen LogP contribution is -2.32. The van der Waals surface area contributed by atoms with Crippen LogP contribution in [0.5, 0.6) is 0 Å². The van der Waals surface area contributed by atoms with Gasteiger partial charge in [-0.25, -0.2) is 0 Å². The van der Waals surface area contributed by atoms with Crippen molar-refractivity contribution in [2.24, 2.45) is 0 Å². The second-order valence-electron chi connectivity index (χ2n) is 4.37. The van der Waals surface area contributed by atoms with E-state index in [1.54, 1.807) is 6.07 Å². The molecular weight excluding hydrogens is 250 g/mol. The van der Waals surface area contributed by atoms with E-state index in [1.165, 1.54) is 5.56 Å². The van der Waals surface area contributed by atoms with Gasteiger partial charge in [-0.05, 0) is 36.6 Å².